The smallest absolute Gasteiger partial charge is 0.258 e. The van der Waals surface area contributed by atoms with Gasteiger partial charge in [0.25, 0.3) is 5.56 Å². The van der Waals surface area contributed by atoms with Crippen LogP contribution in [0.5, 0.6) is 0 Å². The van der Waals surface area contributed by atoms with Crippen LogP contribution in [0.2, 0.25) is 0 Å². The third-order valence-electron chi connectivity index (χ3n) is 3.94. The lowest BCUT2D eigenvalue weighted by Gasteiger charge is -2.17. The summed E-state index contributed by atoms with van der Waals surface area (Å²) in [7, 11) is 2.04. The van der Waals surface area contributed by atoms with Gasteiger partial charge in [0.1, 0.15) is 5.65 Å². The Morgan fingerprint density at radius 3 is 2.57 bits per heavy atom. The molecule has 0 saturated carbocycles. The third-order valence-corrected chi connectivity index (χ3v) is 3.94. The van der Waals surface area contributed by atoms with Crippen molar-refractivity contribution in [3.63, 3.8) is 0 Å². The van der Waals surface area contributed by atoms with Crippen LogP contribution in [0.1, 0.15) is 22.4 Å². The van der Waals surface area contributed by atoms with Crippen LogP contribution in [-0.2, 0) is 13.1 Å². The number of benzene rings is 1. The second kappa shape index (κ2) is 6.34. The summed E-state index contributed by atoms with van der Waals surface area (Å²) in [4.78, 5) is 19.1. The van der Waals surface area contributed by atoms with E-state index in [4.69, 9.17) is 0 Å². The molecule has 2 aromatic heterocycles. The van der Waals surface area contributed by atoms with Crippen molar-refractivity contribution in [2.45, 2.75) is 26.9 Å². The van der Waals surface area contributed by atoms with Crippen LogP contribution >= 0.6 is 0 Å². The fraction of sp³-hybridized carbons (Fsp3) is 0.263. The highest BCUT2D eigenvalue weighted by atomic mass is 16.1. The standard InChI is InChI=1S/C19H21N3O/c1-14-6-8-16(9-7-14)12-21(3)13-17-11-18(23)22-10-4-5-15(2)19(22)20-17/h4-11H,12-13H2,1-3H3. The topological polar surface area (TPSA) is 37.6 Å². The van der Waals surface area contributed by atoms with Crippen molar-refractivity contribution in [3.05, 3.63) is 81.4 Å². The molecule has 0 bridgehead atoms. The summed E-state index contributed by atoms with van der Waals surface area (Å²) in [6.07, 6.45) is 1.76. The summed E-state index contributed by atoms with van der Waals surface area (Å²) in [5.74, 6) is 0. The normalized spacial score (nSPS) is 11.3. The Morgan fingerprint density at radius 1 is 1.09 bits per heavy atom. The van der Waals surface area contributed by atoms with Crippen molar-refractivity contribution in [1.82, 2.24) is 14.3 Å². The van der Waals surface area contributed by atoms with Gasteiger partial charge in [-0.05, 0) is 38.1 Å². The monoisotopic (exact) mass is 307 g/mol. The van der Waals surface area contributed by atoms with Crippen molar-refractivity contribution in [1.29, 1.82) is 0 Å². The lowest BCUT2D eigenvalue weighted by molar-refractivity contribution is 0.315. The van der Waals surface area contributed by atoms with E-state index in [0.29, 0.717) is 6.54 Å². The van der Waals surface area contributed by atoms with E-state index in [1.54, 1.807) is 16.7 Å². The Hall–Kier alpha value is -2.46. The number of rotatable bonds is 4. The van der Waals surface area contributed by atoms with Gasteiger partial charge >= 0.3 is 0 Å². The second-order valence-corrected chi connectivity index (χ2v) is 6.13. The van der Waals surface area contributed by atoms with E-state index in [9.17, 15) is 4.79 Å². The molecule has 1 aromatic carbocycles. The molecule has 0 aliphatic rings. The number of pyridine rings is 1. The van der Waals surface area contributed by atoms with E-state index in [-0.39, 0.29) is 5.56 Å². The molecule has 0 spiro atoms. The highest BCUT2D eigenvalue weighted by Gasteiger charge is 2.07. The zero-order valence-corrected chi connectivity index (χ0v) is 13.8. The number of aromatic nitrogens is 2. The highest BCUT2D eigenvalue weighted by molar-refractivity contribution is 5.46. The Bertz CT molecular complexity index is 881. The van der Waals surface area contributed by atoms with Gasteiger partial charge in [0.2, 0.25) is 0 Å². The van der Waals surface area contributed by atoms with Gasteiger partial charge in [-0.1, -0.05) is 35.9 Å². The largest absolute Gasteiger partial charge is 0.296 e. The van der Waals surface area contributed by atoms with Gasteiger partial charge in [-0.25, -0.2) is 4.98 Å². The lowest BCUT2D eigenvalue weighted by Crippen LogP contribution is -2.22. The first-order chi connectivity index (χ1) is 11.0. The van der Waals surface area contributed by atoms with Crippen molar-refractivity contribution in [2.75, 3.05) is 7.05 Å². The molecule has 118 valence electrons. The average Bonchev–Trinajstić information content (AvgIpc) is 2.51. The fourth-order valence-electron chi connectivity index (χ4n) is 2.73. The molecule has 0 amide bonds. The molecule has 2 heterocycles. The number of hydrogen-bond acceptors (Lipinski definition) is 3. The minimum atomic E-state index is -0.0302. The molecule has 0 N–H and O–H groups in total. The van der Waals surface area contributed by atoms with Crippen LogP contribution in [0.25, 0.3) is 5.65 Å². The van der Waals surface area contributed by atoms with Crippen molar-refractivity contribution in [3.8, 4) is 0 Å². The molecule has 23 heavy (non-hydrogen) atoms. The van der Waals surface area contributed by atoms with Crippen molar-refractivity contribution < 1.29 is 0 Å². The number of hydrogen-bond donors (Lipinski definition) is 0. The Kier molecular flexibility index (Phi) is 4.26. The van der Waals surface area contributed by atoms with Gasteiger partial charge in [-0.3, -0.25) is 14.1 Å². The summed E-state index contributed by atoms with van der Waals surface area (Å²) in [6.45, 7) is 5.53. The van der Waals surface area contributed by atoms with Gasteiger partial charge in [-0.15, -0.1) is 0 Å². The van der Waals surface area contributed by atoms with Crippen LogP contribution in [0.3, 0.4) is 0 Å². The van der Waals surface area contributed by atoms with Gasteiger partial charge in [0.05, 0.1) is 5.69 Å². The Labute approximate surface area is 136 Å². The molecule has 3 rings (SSSR count). The molecule has 0 saturated heterocycles. The quantitative estimate of drug-likeness (QED) is 0.744. The lowest BCUT2D eigenvalue weighted by atomic mass is 10.1. The third kappa shape index (κ3) is 3.48. The second-order valence-electron chi connectivity index (χ2n) is 6.13. The Morgan fingerprint density at radius 2 is 1.83 bits per heavy atom. The summed E-state index contributed by atoms with van der Waals surface area (Å²) in [5.41, 5.74) is 5.03. The SMILES string of the molecule is Cc1ccc(CN(C)Cc2cc(=O)n3cccc(C)c3n2)cc1. The van der Waals surface area contributed by atoms with E-state index in [0.717, 1.165) is 23.4 Å². The van der Waals surface area contributed by atoms with Crippen LogP contribution in [0.4, 0.5) is 0 Å². The highest BCUT2D eigenvalue weighted by Crippen LogP contribution is 2.10. The molecular weight excluding hydrogens is 286 g/mol. The average molecular weight is 307 g/mol. The number of nitrogens with zero attached hydrogens (tertiary/aromatic N) is 3. The van der Waals surface area contributed by atoms with E-state index in [1.165, 1.54) is 11.1 Å². The summed E-state index contributed by atoms with van der Waals surface area (Å²) >= 11 is 0. The first-order valence-electron chi connectivity index (χ1n) is 7.75. The molecule has 3 aromatic rings. The van der Waals surface area contributed by atoms with E-state index < -0.39 is 0 Å². The molecule has 0 aliphatic heterocycles. The maximum absolute atomic E-state index is 12.2. The number of fused-ring (bicyclic) bond motifs is 1. The van der Waals surface area contributed by atoms with E-state index in [1.807, 2.05) is 26.1 Å². The summed E-state index contributed by atoms with van der Waals surface area (Å²) in [6, 6.07) is 14.0. The first kappa shape index (κ1) is 15.4. The van der Waals surface area contributed by atoms with Crippen LogP contribution < -0.4 is 5.56 Å². The molecule has 0 aliphatic carbocycles. The molecule has 4 heteroatoms. The molecule has 0 radical (unpaired) electrons. The minimum absolute atomic E-state index is 0.0302. The van der Waals surface area contributed by atoms with Crippen LogP contribution in [0, 0.1) is 13.8 Å². The van der Waals surface area contributed by atoms with Gasteiger partial charge < -0.3 is 0 Å². The van der Waals surface area contributed by atoms with Gasteiger partial charge in [0.15, 0.2) is 0 Å². The predicted octanol–water partition coefficient (Wildman–Crippen LogP) is 2.94. The van der Waals surface area contributed by atoms with E-state index >= 15 is 0 Å². The molecule has 0 unspecified atom stereocenters. The molecular formula is C19H21N3O. The maximum Gasteiger partial charge on any atom is 0.258 e. The molecule has 0 fully saturated rings. The maximum atomic E-state index is 12.2. The zero-order valence-electron chi connectivity index (χ0n) is 13.8. The molecule has 4 nitrogen and oxygen atoms in total. The van der Waals surface area contributed by atoms with Gasteiger partial charge in [0, 0.05) is 25.4 Å². The first-order valence-corrected chi connectivity index (χ1v) is 7.75. The van der Waals surface area contributed by atoms with E-state index in [2.05, 4.69) is 41.1 Å². The summed E-state index contributed by atoms with van der Waals surface area (Å²) < 4.78 is 1.60. The Balaban J connectivity index is 1.82. The number of aryl methyl sites for hydroxylation is 2. The molecule has 0 atom stereocenters. The van der Waals surface area contributed by atoms with Crippen molar-refractivity contribution >= 4 is 5.65 Å². The predicted molar refractivity (Wildman–Crippen MR) is 92.5 cm³/mol. The van der Waals surface area contributed by atoms with Crippen molar-refractivity contribution in [2.24, 2.45) is 0 Å². The fourth-order valence-corrected chi connectivity index (χ4v) is 2.73. The van der Waals surface area contributed by atoms with Crippen LogP contribution in [-0.4, -0.2) is 21.3 Å². The minimum Gasteiger partial charge on any atom is -0.296 e. The summed E-state index contributed by atoms with van der Waals surface area (Å²) in [5, 5.41) is 0. The van der Waals surface area contributed by atoms with Gasteiger partial charge in [-0.2, -0.15) is 0 Å². The zero-order chi connectivity index (χ0) is 16.4. The van der Waals surface area contributed by atoms with Crippen LogP contribution in [0.15, 0.2) is 53.5 Å².